The minimum absolute atomic E-state index is 0.0279. The Labute approximate surface area is 221 Å². The molecule has 0 aliphatic carbocycles. The highest BCUT2D eigenvalue weighted by Crippen LogP contribution is 2.40. The Balaban J connectivity index is 1.52. The lowest BCUT2D eigenvalue weighted by molar-refractivity contribution is -0.378. The Morgan fingerprint density at radius 1 is 0.921 bits per heavy atom. The number of Topliss-reactive ketones (excluding diaryl/α,β-unsaturated/α-hetero) is 1. The van der Waals surface area contributed by atoms with E-state index in [0.29, 0.717) is 23.5 Å². The van der Waals surface area contributed by atoms with Gasteiger partial charge in [-0.2, -0.15) is 0 Å². The van der Waals surface area contributed by atoms with Gasteiger partial charge in [0, 0.05) is 17.2 Å². The van der Waals surface area contributed by atoms with E-state index in [1.807, 2.05) is 80.6 Å². The van der Waals surface area contributed by atoms with Crippen LogP contribution >= 0.6 is 0 Å². The smallest absolute Gasteiger partial charge is 0.295 e. The number of hydrogen-bond acceptors (Lipinski definition) is 4. The summed E-state index contributed by atoms with van der Waals surface area (Å²) in [6.07, 6.45) is 3.55. The molecular formula is C32H28N2O4. The number of ether oxygens (including phenoxy) is 1. The van der Waals surface area contributed by atoms with Crippen LogP contribution in [0, 0.1) is 13.8 Å². The molecule has 1 unspecified atom stereocenters. The first-order valence-electron chi connectivity index (χ1n) is 12.5. The second kappa shape index (κ2) is 10.7. The molecule has 6 nitrogen and oxygen atoms in total. The molecule has 38 heavy (non-hydrogen) atoms. The molecule has 3 aromatic carbocycles. The number of benzene rings is 3. The zero-order valence-electron chi connectivity index (χ0n) is 21.3. The molecule has 1 saturated heterocycles. The monoisotopic (exact) mass is 504 g/mol. The van der Waals surface area contributed by atoms with Crippen molar-refractivity contribution >= 4 is 17.4 Å². The molecule has 6 heteroatoms. The molecule has 1 atom stereocenters. The van der Waals surface area contributed by atoms with Gasteiger partial charge in [-0.3, -0.25) is 9.59 Å². The number of amides is 1. The van der Waals surface area contributed by atoms with E-state index >= 15 is 0 Å². The van der Waals surface area contributed by atoms with Gasteiger partial charge in [-0.05, 0) is 54.3 Å². The first-order chi connectivity index (χ1) is 18.4. The lowest BCUT2D eigenvalue weighted by Gasteiger charge is -2.28. The molecular weight excluding hydrogens is 476 g/mol. The molecule has 4 aromatic rings. The maximum absolute atomic E-state index is 13.9. The van der Waals surface area contributed by atoms with Crippen LogP contribution in [0.25, 0.3) is 5.76 Å². The number of carbonyl (C=O) groups excluding carboxylic acids is 2. The highest BCUT2D eigenvalue weighted by molar-refractivity contribution is 6.46. The minimum atomic E-state index is -0.781. The normalized spacial score (nSPS) is 16.6. The zero-order valence-corrected chi connectivity index (χ0v) is 21.3. The summed E-state index contributed by atoms with van der Waals surface area (Å²) in [5.41, 5.74) is 4.65. The van der Waals surface area contributed by atoms with Gasteiger partial charge in [0.25, 0.3) is 5.91 Å². The van der Waals surface area contributed by atoms with Gasteiger partial charge in [0.05, 0.1) is 12.6 Å². The van der Waals surface area contributed by atoms with Gasteiger partial charge in [0.2, 0.25) is 5.78 Å². The Hall–Kier alpha value is -4.71. The van der Waals surface area contributed by atoms with E-state index in [9.17, 15) is 14.7 Å². The van der Waals surface area contributed by atoms with Crippen LogP contribution in [0.4, 0.5) is 0 Å². The number of pyridine rings is 1. The first kappa shape index (κ1) is 25.0. The summed E-state index contributed by atoms with van der Waals surface area (Å²) in [6.45, 7) is 4.37. The van der Waals surface area contributed by atoms with Gasteiger partial charge in [-0.1, -0.05) is 72.0 Å². The van der Waals surface area contributed by atoms with E-state index in [1.54, 1.807) is 30.6 Å². The Bertz CT molecular complexity index is 1500. The van der Waals surface area contributed by atoms with E-state index in [2.05, 4.69) is 4.98 Å². The summed E-state index contributed by atoms with van der Waals surface area (Å²) in [5.74, 6) is -1.26. The average molecular weight is 505 g/mol. The lowest BCUT2D eigenvalue weighted by Crippen LogP contribution is -2.29. The number of aryl methyl sites for hydroxylation is 2. The van der Waals surface area contributed by atoms with E-state index < -0.39 is 23.5 Å². The predicted octanol–water partition coefficient (Wildman–Crippen LogP) is 4.12. The third-order valence-electron chi connectivity index (χ3n) is 6.74. The summed E-state index contributed by atoms with van der Waals surface area (Å²) in [5, 5.41) is 13.9. The van der Waals surface area contributed by atoms with Crippen molar-refractivity contribution in [3.63, 3.8) is 0 Å². The van der Waals surface area contributed by atoms with Crippen LogP contribution < -0.4 is 14.8 Å². The van der Waals surface area contributed by atoms with Crippen molar-refractivity contribution in [2.45, 2.75) is 33.0 Å². The lowest BCUT2D eigenvalue weighted by atomic mass is 9.93. The molecule has 0 spiro atoms. The van der Waals surface area contributed by atoms with Crippen molar-refractivity contribution in [1.82, 2.24) is 4.90 Å². The topological polar surface area (TPSA) is 83.8 Å². The second-order valence-corrected chi connectivity index (χ2v) is 9.48. The van der Waals surface area contributed by atoms with Crippen molar-refractivity contribution in [2.24, 2.45) is 0 Å². The highest BCUT2D eigenvalue weighted by Gasteiger charge is 2.44. The van der Waals surface area contributed by atoms with Crippen LogP contribution in [-0.4, -0.2) is 16.6 Å². The number of H-pyrrole nitrogens is 1. The standard InChI is InChI=1S/C32H28N2O4/c1-21-10-12-25(13-11-21)29-28(31(36)32(37)34(29)19-24-9-6-16-33-18-24)30(35)27-15-14-26(17-22(27)2)38-20-23-7-4-3-5-8-23/h3-18,29,35H,19-20H2,1-2H3. The van der Waals surface area contributed by atoms with Gasteiger partial charge < -0.3 is 14.7 Å². The molecule has 1 N–H and O–H groups in total. The largest absolute Gasteiger partial charge is 0.872 e. The van der Waals surface area contributed by atoms with E-state index in [4.69, 9.17) is 4.74 Å². The number of likely N-dealkylation sites (tertiary alicyclic amines) is 1. The first-order valence-corrected chi connectivity index (χ1v) is 12.5. The fourth-order valence-corrected chi connectivity index (χ4v) is 4.72. The molecule has 0 saturated carbocycles. The van der Waals surface area contributed by atoms with Crippen LogP contribution in [0.5, 0.6) is 5.75 Å². The molecule has 0 radical (unpaired) electrons. The predicted molar refractivity (Wildman–Crippen MR) is 141 cm³/mol. The molecule has 2 heterocycles. The number of nitrogens with zero attached hydrogens (tertiary/aromatic N) is 1. The second-order valence-electron chi connectivity index (χ2n) is 9.48. The summed E-state index contributed by atoms with van der Waals surface area (Å²) >= 11 is 0. The van der Waals surface area contributed by atoms with Crippen molar-refractivity contribution in [3.05, 3.63) is 136 Å². The quantitative estimate of drug-likeness (QED) is 0.215. The number of rotatable bonds is 7. The van der Waals surface area contributed by atoms with Crippen LogP contribution in [0.2, 0.25) is 0 Å². The molecule has 0 bridgehead atoms. The summed E-state index contributed by atoms with van der Waals surface area (Å²) < 4.78 is 5.91. The molecule has 1 amide bonds. The van der Waals surface area contributed by atoms with Crippen LogP contribution in [0.3, 0.4) is 0 Å². The van der Waals surface area contributed by atoms with Crippen molar-refractivity contribution in [2.75, 3.05) is 0 Å². The van der Waals surface area contributed by atoms with Crippen molar-refractivity contribution in [3.8, 4) is 5.75 Å². The van der Waals surface area contributed by atoms with E-state index in [1.165, 1.54) is 4.90 Å². The van der Waals surface area contributed by atoms with Crippen molar-refractivity contribution in [1.29, 1.82) is 0 Å². The number of aromatic nitrogens is 1. The van der Waals surface area contributed by atoms with E-state index in [0.717, 1.165) is 22.3 Å². The summed E-state index contributed by atoms with van der Waals surface area (Å²) in [6, 6.07) is 25.5. The number of carbonyl (C=O) groups is 2. The molecule has 190 valence electrons. The van der Waals surface area contributed by atoms with Crippen LogP contribution in [0.15, 0.2) is 103 Å². The maximum atomic E-state index is 13.9. The van der Waals surface area contributed by atoms with Gasteiger partial charge in [0.1, 0.15) is 12.4 Å². The van der Waals surface area contributed by atoms with Gasteiger partial charge in [-0.25, -0.2) is 4.98 Å². The Morgan fingerprint density at radius 2 is 1.66 bits per heavy atom. The van der Waals surface area contributed by atoms with Crippen molar-refractivity contribution < 1.29 is 24.4 Å². The fourth-order valence-electron chi connectivity index (χ4n) is 4.72. The Morgan fingerprint density at radius 3 is 2.34 bits per heavy atom. The molecule has 1 aromatic heterocycles. The third kappa shape index (κ3) is 5.06. The average Bonchev–Trinajstić information content (AvgIpc) is 3.18. The van der Waals surface area contributed by atoms with E-state index in [-0.39, 0.29) is 12.1 Å². The van der Waals surface area contributed by atoms with Gasteiger partial charge >= 0.3 is 0 Å². The van der Waals surface area contributed by atoms with Gasteiger partial charge in [-0.15, -0.1) is 0 Å². The maximum Gasteiger partial charge on any atom is 0.295 e. The fraction of sp³-hybridized carbons (Fsp3) is 0.156. The molecule has 1 aliphatic heterocycles. The minimum Gasteiger partial charge on any atom is -0.872 e. The summed E-state index contributed by atoms with van der Waals surface area (Å²) in [7, 11) is 0. The number of aromatic amines is 1. The number of nitrogens with one attached hydrogen (secondary N) is 1. The number of ketones is 1. The van der Waals surface area contributed by atoms with Crippen LogP contribution in [-0.2, 0) is 22.7 Å². The van der Waals surface area contributed by atoms with Crippen LogP contribution in [0.1, 0.15) is 39.4 Å². The molecule has 5 rings (SSSR count). The zero-order chi connectivity index (χ0) is 26.6. The third-order valence-corrected chi connectivity index (χ3v) is 6.74. The molecule has 1 fully saturated rings. The van der Waals surface area contributed by atoms with Gasteiger partial charge in [0.15, 0.2) is 12.4 Å². The Kier molecular flexibility index (Phi) is 7.05. The highest BCUT2D eigenvalue weighted by atomic mass is 16.5. The SMILES string of the molecule is Cc1ccc(C2C(=C([O-])c3ccc(OCc4ccccc4)cc3C)C(=O)C(=O)N2Cc2ccc[nH+]c2)cc1. The molecule has 1 aliphatic rings. The summed E-state index contributed by atoms with van der Waals surface area (Å²) in [4.78, 5) is 31.1. The number of hydrogen-bond donors (Lipinski definition) is 0.